The smallest absolute Gasteiger partial charge is 0.401 e. The number of esters is 1. The van der Waals surface area contributed by atoms with Crippen molar-refractivity contribution in [2.24, 2.45) is 17.8 Å². The molecule has 0 saturated heterocycles. The van der Waals surface area contributed by atoms with Crippen molar-refractivity contribution in [3.05, 3.63) is 0 Å². The molecule has 0 aromatic rings. The van der Waals surface area contributed by atoms with Crippen LogP contribution in [-0.4, -0.2) is 24.0 Å². The van der Waals surface area contributed by atoms with Crippen LogP contribution in [-0.2, 0) is 14.3 Å². The lowest BCUT2D eigenvalue weighted by Crippen LogP contribution is -2.37. The molecule has 4 atom stereocenters. The molecular formula is C11H13F3O3. The van der Waals surface area contributed by atoms with Crippen LogP contribution in [0.15, 0.2) is 0 Å². The summed E-state index contributed by atoms with van der Waals surface area (Å²) in [6.45, 7) is 0.750. The fourth-order valence-electron chi connectivity index (χ4n) is 2.53. The summed E-state index contributed by atoms with van der Waals surface area (Å²) < 4.78 is 41.6. The number of ether oxygens (including phenoxy) is 1. The number of ketones is 1. The van der Waals surface area contributed by atoms with Gasteiger partial charge in [-0.15, -0.1) is 0 Å². The molecule has 0 N–H and O–H groups in total. The molecule has 2 rings (SSSR count). The van der Waals surface area contributed by atoms with Gasteiger partial charge in [0.1, 0.15) is 5.92 Å². The predicted octanol–water partition coefficient (Wildman–Crippen LogP) is 2.10. The van der Waals surface area contributed by atoms with Gasteiger partial charge in [-0.25, -0.2) is 0 Å². The Hall–Kier alpha value is -1.07. The SMILES string of the molecule is CC(C(=O)OC1C(=O)C2CCC1C2)C(F)(F)F. The minimum absolute atomic E-state index is 0.0723. The maximum Gasteiger partial charge on any atom is 0.401 e. The minimum atomic E-state index is -4.61. The number of fused-ring (bicyclic) bond motifs is 2. The zero-order chi connectivity index (χ0) is 12.8. The van der Waals surface area contributed by atoms with E-state index in [1.807, 2.05) is 0 Å². The zero-order valence-electron chi connectivity index (χ0n) is 9.29. The fourth-order valence-corrected chi connectivity index (χ4v) is 2.53. The van der Waals surface area contributed by atoms with E-state index in [1.165, 1.54) is 0 Å². The van der Waals surface area contributed by atoms with Crippen LogP contribution in [0.3, 0.4) is 0 Å². The van der Waals surface area contributed by atoms with Crippen LogP contribution >= 0.6 is 0 Å². The van der Waals surface area contributed by atoms with E-state index in [9.17, 15) is 22.8 Å². The van der Waals surface area contributed by atoms with E-state index in [-0.39, 0.29) is 17.6 Å². The van der Waals surface area contributed by atoms with E-state index in [0.717, 1.165) is 19.8 Å². The number of alkyl halides is 3. The Morgan fingerprint density at radius 3 is 2.53 bits per heavy atom. The maximum absolute atomic E-state index is 12.3. The van der Waals surface area contributed by atoms with Gasteiger partial charge in [0.05, 0.1) is 0 Å². The maximum atomic E-state index is 12.3. The summed E-state index contributed by atoms with van der Waals surface area (Å²) in [7, 11) is 0. The molecule has 3 nitrogen and oxygen atoms in total. The third-order valence-electron chi connectivity index (χ3n) is 3.67. The van der Waals surface area contributed by atoms with E-state index in [4.69, 9.17) is 4.74 Å². The fraction of sp³-hybridized carbons (Fsp3) is 0.818. The average Bonchev–Trinajstić information content (AvgIpc) is 2.79. The first kappa shape index (κ1) is 12.4. The number of rotatable bonds is 2. The second-order valence-electron chi connectivity index (χ2n) is 4.79. The molecule has 0 aromatic heterocycles. The molecule has 4 unspecified atom stereocenters. The predicted molar refractivity (Wildman–Crippen MR) is 50.9 cm³/mol. The van der Waals surface area contributed by atoms with Crippen molar-refractivity contribution < 1.29 is 27.5 Å². The quantitative estimate of drug-likeness (QED) is 0.705. The molecule has 2 aliphatic rings. The molecule has 2 aliphatic carbocycles. The molecular weight excluding hydrogens is 237 g/mol. The van der Waals surface area contributed by atoms with Crippen molar-refractivity contribution in [2.45, 2.75) is 38.5 Å². The van der Waals surface area contributed by atoms with Crippen molar-refractivity contribution in [3.8, 4) is 0 Å². The monoisotopic (exact) mass is 250 g/mol. The molecule has 0 spiro atoms. The van der Waals surface area contributed by atoms with Gasteiger partial charge in [0.2, 0.25) is 0 Å². The van der Waals surface area contributed by atoms with Crippen LogP contribution in [0.25, 0.3) is 0 Å². The van der Waals surface area contributed by atoms with E-state index >= 15 is 0 Å². The van der Waals surface area contributed by atoms with Crippen LogP contribution in [0.2, 0.25) is 0 Å². The van der Waals surface area contributed by atoms with Gasteiger partial charge >= 0.3 is 12.1 Å². The van der Waals surface area contributed by atoms with Gasteiger partial charge in [-0.3, -0.25) is 9.59 Å². The van der Waals surface area contributed by atoms with Gasteiger partial charge in [0, 0.05) is 11.8 Å². The van der Waals surface area contributed by atoms with E-state index in [0.29, 0.717) is 6.42 Å². The van der Waals surface area contributed by atoms with Crippen molar-refractivity contribution in [1.82, 2.24) is 0 Å². The molecule has 96 valence electrons. The highest BCUT2D eigenvalue weighted by Crippen LogP contribution is 2.44. The highest BCUT2D eigenvalue weighted by Gasteiger charge is 2.51. The number of carbonyl (C=O) groups excluding carboxylic acids is 2. The van der Waals surface area contributed by atoms with Gasteiger partial charge in [0.25, 0.3) is 0 Å². The molecule has 0 heterocycles. The largest absolute Gasteiger partial charge is 0.454 e. The van der Waals surface area contributed by atoms with Gasteiger partial charge < -0.3 is 4.74 Å². The van der Waals surface area contributed by atoms with E-state index in [1.54, 1.807) is 0 Å². The zero-order valence-corrected chi connectivity index (χ0v) is 9.29. The molecule has 2 bridgehead atoms. The second-order valence-corrected chi connectivity index (χ2v) is 4.79. The molecule has 0 radical (unpaired) electrons. The lowest BCUT2D eigenvalue weighted by atomic mass is 9.96. The van der Waals surface area contributed by atoms with Crippen molar-refractivity contribution in [3.63, 3.8) is 0 Å². The summed E-state index contributed by atoms with van der Waals surface area (Å²) in [4.78, 5) is 22.9. The summed E-state index contributed by atoms with van der Waals surface area (Å²) in [5.74, 6) is -3.90. The number of halogens is 3. The Kier molecular flexibility index (Phi) is 2.91. The van der Waals surface area contributed by atoms with Crippen LogP contribution in [0, 0.1) is 17.8 Å². The first-order valence-electron chi connectivity index (χ1n) is 5.61. The van der Waals surface area contributed by atoms with Gasteiger partial charge in [0.15, 0.2) is 11.9 Å². The van der Waals surface area contributed by atoms with Gasteiger partial charge in [-0.05, 0) is 26.2 Å². The van der Waals surface area contributed by atoms with Crippen LogP contribution in [0.4, 0.5) is 13.2 Å². The summed E-state index contributed by atoms with van der Waals surface area (Å²) >= 11 is 0. The molecule has 2 fully saturated rings. The first-order chi connectivity index (χ1) is 7.80. The molecule has 0 aromatic carbocycles. The highest BCUT2D eigenvalue weighted by atomic mass is 19.4. The Bertz CT molecular complexity index is 350. The summed E-state index contributed by atoms with van der Waals surface area (Å²) in [5, 5.41) is 0. The van der Waals surface area contributed by atoms with E-state index in [2.05, 4.69) is 0 Å². The average molecular weight is 250 g/mol. The number of hydrogen-bond donors (Lipinski definition) is 0. The summed E-state index contributed by atoms with van der Waals surface area (Å²) in [6.07, 6.45) is -3.37. The Labute approximate surface area is 96.3 Å². The number of Topliss-reactive ketones (excluding diaryl/α,β-unsaturated/α-hetero) is 1. The van der Waals surface area contributed by atoms with Crippen molar-refractivity contribution in [1.29, 1.82) is 0 Å². The first-order valence-corrected chi connectivity index (χ1v) is 5.61. The number of carbonyl (C=O) groups is 2. The topological polar surface area (TPSA) is 43.4 Å². The lowest BCUT2D eigenvalue weighted by Gasteiger charge is -2.23. The molecule has 0 amide bonds. The van der Waals surface area contributed by atoms with Gasteiger partial charge in [-0.1, -0.05) is 0 Å². The van der Waals surface area contributed by atoms with Crippen LogP contribution in [0.1, 0.15) is 26.2 Å². The van der Waals surface area contributed by atoms with Gasteiger partial charge in [-0.2, -0.15) is 13.2 Å². The minimum Gasteiger partial charge on any atom is -0.454 e. The van der Waals surface area contributed by atoms with Crippen LogP contribution in [0.5, 0.6) is 0 Å². The third kappa shape index (κ3) is 2.17. The second kappa shape index (κ2) is 3.99. The van der Waals surface area contributed by atoms with E-state index < -0.39 is 24.2 Å². The summed E-state index contributed by atoms with van der Waals surface area (Å²) in [6, 6.07) is 0. The Morgan fingerprint density at radius 1 is 1.41 bits per heavy atom. The normalized spacial score (nSPS) is 33.9. The molecule has 6 heteroatoms. The standard InChI is InChI=1S/C11H13F3O3/c1-5(11(12,13)14)10(16)17-9-7-3-2-6(4-7)8(9)15/h5-7,9H,2-4H2,1H3. The Balaban J connectivity index is 1.98. The lowest BCUT2D eigenvalue weighted by molar-refractivity contribution is -0.199. The molecule has 0 aliphatic heterocycles. The Morgan fingerprint density at radius 2 is 2.06 bits per heavy atom. The molecule has 2 saturated carbocycles. The van der Waals surface area contributed by atoms with Crippen molar-refractivity contribution >= 4 is 11.8 Å². The third-order valence-corrected chi connectivity index (χ3v) is 3.67. The van der Waals surface area contributed by atoms with Crippen LogP contribution < -0.4 is 0 Å². The van der Waals surface area contributed by atoms with Crippen molar-refractivity contribution in [2.75, 3.05) is 0 Å². The molecule has 17 heavy (non-hydrogen) atoms. The highest BCUT2D eigenvalue weighted by molar-refractivity contribution is 5.91. The summed E-state index contributed by atoms with van der Waals surface area (Å²) in [5.41, 5.74) is 0. The number of hydrogen-bond acceptors (Lipinski definition) is 3.